The Hall–Kier alpha value is -5.33. The molecule has 0 aliphatic heterocycles. The molecule has 0 aliphatic rings. The standard InChI is InChI=1S/C28H31N9O4/c1-15(3-2-12-32-26(39)20-11-9-18(29)13-21(20)27(40)41)34-25(38)17-7-4-16(5-8-17)6-10-19-14-33-24-22(35-19)23(30)36-28(31)37-24/h4-5,7-9,11,13-15H,2-3,6,10,12,29H2,1H3,(H,32,39)(H,34,38)(H,40,41)(H4,30,31,33,36,37)/t15-/m1/s1. The summed E-state index contributed by atoms with van der Waals surface area (Å²) >= 11 is 0. The summed E-state index contributed by atoms with van der Waals surface area (Å²) in [5.74, 6) is -1.68. The second-order valence-electron chi connectivity index (χ2n) is 9.58. The number of aromatic carboxylic acids is 1. The number of nitrogens with two attached hydrogens (primary N) is 3. The molecule has 13 heteroatoms. The highest BCUT2D eigenvalue weighted by atomic mass is 16.4. The number of nitrogens with one attached hydrogen (secondary N) is 2. The molecule has 0 saturated heterocycles. The maximum atomic E-state index is 12.7. The number of nitrogen functional groups attached to an aromatic ring is 3. The zero-order valence-corrected chi connectivity index (χ0v) is 22.4. The van der Waals surface area contributed by atoms with Crippen LogP contribution in [0.2, 0.25) is 0 Å². The predicted octanol–water partition coefficient (Wildman–Crippen LogP) is 1.98. The lowest BCUT2D eigenvalue weighted by atomic mass is 10.1. The molecule has 1 atom stereocenters. The lowest BCUT2D eigenvalue weighted by Crippen LogP contribution is -2.33. The quantitative estimate of drug-likeness (QED) is 0.115. The Kier molecular flexibility index (Phi) is 8.87. The Bertz CT molecular complexity index is 1590. The van der Waals surface area contributed by atoms with Crippen LogP contribution in [0.4, 0.5) is 17.5 Å². The highest BCUT2D eigenvalue weighted by molar-refractivity contribution is 6.05. The van der Waals surface area contributed by atoms with Crippen LogP contribution in [0.3, 0.4) is 0 Å². The fourth-order valence-electron chi connectivity index (χ4n) is 4.22. The van der Waals surface area contributed by atoms with Crippen molar-refractivity contribution in [3.8, 4) is 0 Å². The molecular weight excluding hydrogens is 526 g/mol. The number of carboxylic acids is 1. The van der Waals surface area contributed by atoms with Gasteiger partial charge in [0.15, 0.2) is 17.0 Å². The topological polar surface area (TPSA) is 225 Å². The Morgan fingerprint density at radius 3 is 2.41 bits per heavy atom. The van der Waals surface area contributed by atoms with Gasteiger partial charge in [0.1, 0.15) is 0 Å². The largest absolute Gasteiger partial charge is 0.478 e. The Labute approximate surface area is 235 Å². The molecule has 9 N–H and O–H groups in total. The van der Waals surface area contributed by atoms with Gasteiger partial charge in [0.05, 0.1) is 23.0 Å². The number of carbonyl (C=O) groups is 3. The van der Waals surface area contributed by atoms with Gasteiger partial charge in [-0.3, -0.25) is 9.59 Å². The number of aryl methyl sites for hydroxylation is 2. The van der Waals surface area contributed by atoms with Crippen LogP contribution in [0.1, 0.15) is 62.1 Å². The molecule has 4 aromatic rings. The first-order valence-electron chi connectivity index (χ1n) is 13.0. The lowest BCUT2D eigenvalue weighted by molar-refractivity contribution is 0.0691. The first-order chi connectivity index (χ1) is 19.6. The fraction of sp³-hybridized carbons (Fsp3) is 0.250. The number of anilines is 3. The minimum Gasteiger partial charge on any atom is -0.478 e. The first-order valence-corrected chi connectivity index (χ1v) is 13.0. The average Bonchev–Trinajstić information content (AvgIpc) is 2.94. The first kappa shape index (κ1) is 28.7. The van der Waals surface area contributed by atoms with Gasteiger partial charge in [-0.05, 0) is 68.5 Å². The number of nitrogens with zero attached hydrogens (tertiary/aromatic N) is 4. The average molecular weight is 558 g/mol. The van der Waals surface area contributed by atoms with Crippen molar-refractivity contribution in [1.82, 2.24) is 30.6 Å². The van der Waals surface area contributed by atoms with Crippen molar-refractivity contribution in [2.24, 2.45) is 0 Å². The van der Waals surface area contributed by atoms with Gasteiger partial charge in [-0.25, -0.2) is 14.8 Å². The molecule has 2 aromatic heterocycles. The summed E-state index contributed by atoms with van der Waals surface area (Å²) in [6.45, 7) is 2.21. The molecule has 2 amide bonds. The molecule has 0 radical (unpaired) electrons. The van der Waals surface area contributed by atoms with Gasteiger partial charge < -0.3 is 32.9 Å². The van der Waals surface area contributed by atoms with Crippen LogP contribution < -0.4 is 27.8 Å². The number of fused-ring (bicyclic) bond motifs is 1. The highest BCUT2D eigenvalue weighted by Crippen LogP contribution is 2.16. The minimum absolute atomic E-state index is 0.0478. The Balaban J connectivity index is 1.22. The summed E-state index contributed by atoms with van der Waals surface area (Å²) in [5, 5.41) is 15.0. The second-order valence-corrected chi connectivity index (χ2v) is 9.58. The molecule has 13 nitrogen and oxygen atoms in total. The molecule has 4 rings (SSSR count). The van der Waals surface area contributed by atoms with E-state index in [1.165, 1.54) is 18.2 Å². The maximum Gasteiger partial charge on any atom is 0.336 e. The Morgan fingerprint density at radius 2 is 1.68 bits per heavy atom. The maximum absolute atomic E-state index is 12.7. The molecule has 0 saturated carbocycles. The van der Waals surface area contributed by atoms with Crippen molar-refractivity contribution in [3.05, 3.63) is 76.6 Å². The normalized spacial score (nSPS) is 11.6. The van der Waals surface area contributed by atoms with E-state index in [0.717, 1.165) is 11.3 Å². The van der Waals surface area contributed by atoms with Crippen LogP contribution in [-0.4, -0.2) is 55.4 Å². The molecule has 212 valence electrons. The van der Waals surface area contributed by atoms with Crippen molar-refractivity contribution in [2.75, 3.05) is 23.7 Å². The van der Waals surface area contributed by atoms with Gasteiger partial charge in [-0.15, -0.1) is 0 Å². The number of carboxylic acid groups (broad SMARTS) is 1. The van der Waals surface area contributed by atoms with E-state index < -0.39 is 11.9 Å². The lowest BCUT2D eigenvalue weighted by Gasteiger charge is -2.15. The van der Waals surface area contributed by atoms with E-state index in [2.05, 4.69) is 30.6 Å². The molecule has 0 bridgehead atoms. The summed E-state index contributed by atoms with van der Waals surface area (Å²) in [4.78, 5) is 53.2. The van der Waals surface area contributed by atoms with Crippen LogP contribution in [0, 0.1) is 0 Å². The summed E-state index contributed by atoms with van der Waals surface area (Å²) < 4.78 is 0. The van der Waals surface area contributed by atoms with Crippen molar-refractivity contribution < 1.29 is 19.5 Å². The molecular formula is C28H31N9O4. The Morgan fingerprint density at radius 1 is 0.927 bits per heavy atom. The third kappa shape index (κ3) is 7.41. The van der Waals surface area contributed by atoms with Gasteiger partial charge in [-0.2, -0.15) is 9.97 Å². The summed E-state index contributed by atoms with van der Waals surface area (Å²) in [5.41, 5.74) is 20.3. The van der Waals surface area contributed by atoms with Crippen molar-refractivity contribution >= 4 is 46.4 Å². The van der Waals surface area contributed by atoms with Gasteiger partial charge in [0.25, 0.3) is 11.8 Å². The number of hydrogen-bond donors (Lipinski definition) is 6. The van der Waals surface area contributed by atoms with Gasteiger partial charge in [0.2, 0.25) is 5.95 Å². The van der Waals surface area contributed by atoms with E-state index in [1.807, 2.05) is 19.1 Å². The third-order valence-corrected chi connectivity index (χ3v) is 6.38. The number of benzene rings is 2. The van der Waals surface area contributed by atoms with Gasteiger partial charge >= 0.3 is 5.97 Å². The molecule has 2 aromatic carbocycles. The van der Waals surface area contributed by atoms with Crippen molar-refractivity contribution in [1.29, 1.82) is 0 Å². The van der Waals surface area contributed by atoms with Crippen LogP contribution in [0.25, 0.3) is 11.2 Å². The number of aromatic nitrogens is 4. The SMILES string of the molecule is C[C@H](CCCNC(=O)c1ccc(N)cc1C(=O)O)NC(=O)c1ccc(CCc2cnc3nc(N)nc(N)c3n2)cc1. The van der Waals surface area contributed by atoms with Gasteiger partial charge in [-0.1, -0.05) is 12.1 Å². The number of amides is 2. The monoisotopic (exact) mass is 557 g/mol. The summed E-state index contributed by atoms with van der Waals surface area (Å²) in [6, 6.07) is 11.3. The molecule has 0 aliphatic carbocycles. The summed E-state index contributed by atoms with van der Waals surface area (Å²) in [6.07, 6.45) is 4.14. The smallest absolute Gasteiger partial charge is 0.336 e. The number of hydrogen-bond acceptors (Lipinski definition) is 10. The predicted molar refractivity (Wildman–Crippen MR) is 154 cm³/mol. The highest BCUT2D eigenvalue weighted by Gasteiger charge is 2.17. The third-order valence-electron chi connectivity index (χ3n) is 6.38. The van der Waals surface area contributed by atoms with E-state index in [1.54, 1.807) is 18.3 Å². The fourth-order valence-corrected chi connectivity index (χ4v) is 4.22. The number of rotatable bonds is 11. The molecule has 2 heterocycles. The van der Waals surface area contributed by atoms with Crippen molar-refractivity contribution in [2.45, 2.75) is 38.6 Å². The molecule has 0 fully saturated rings. The molecule has 41 heavy (non-hydrogen) atoms. The van der Waals surface area contributed by atoms with E-state index >= 15 is 0 Å². The van der Waals surface area contributed by atoms with E-state index in [-0.39, 0.29) is 40.5 Å². The molecule has 0 spiro atoms. The van der Waals surface area contributed by atoms with Crippen molar-refractivity contribution in [3.63, 3.8) is 0 Å². The zero-order chi connectivity index (χ0) is 29.5. The molecule has 0 unspecified atom stereocenters. The van der Waals surface area contributed by atoms with Crippen LogP contribution in [0.5, 0.6) is 0 Å². The van der Waals surface area contributed by atoms with Gasteiger partial charge in [0, 0.05) is 23.8 Å². The second kappa shape index (κ2) is 12.7. The van der Waals surface area contributed by atoms with E-state index in [0.29, 0.717) is 49.0 Å². The van der Waals surface area contributed by atoms with Crippen LogP contribution >= 0.6 is 0 Å². The summed E-state index contributed by atoms with van der Waals surface area (Å²) in [7, 11) is 0. The number of carbonyl (C=O) groups excluding carboxylic acids is 2. The van der Waals surface area contributed by atoms with Crippen LogP contribution in [-0.2, 0) is 12.8 Å². The minimum atomic E-state index is -1.22. The van der Waals surface area contributed by atoms with E-state index in [4.69, 9.17) is 17.2 Å². The van der Waals surface area contributed by atoms with E-state index in [9.17, 15) is 19.5 Å². The van der Waals surface area contributed by atoms with Crippen LogP contribution in [0.15, 0.2) is 48.7 Å². The zero-order valence-electron chi connectivity index (χ0n) is 22.4.